The first-order valence-corrected chi connectivity index (χ1v) is 20.8. The highest BCUT2D eigenvalue weighted by Crippen LogP contribution is 2.41. The molecule has 0 radical (unpaired) electrons. The molecule has 2 aliphatic carbocycles. The van der Waals surface area contributed by atoms with E-state index in [0.717, 1.165) is 48.9 Å². The van der Waals surface area contributed by atoms with Gasteiger partial charge in [-0.15, -0.1) is 0 Å². The Morgan fingerprint density at radius 3 is 2.09 bits per heavy atom. The largest absolute Gasteiger partial charge is 0.287 e. The van der Waals surface area contributed by atoms with Gasteiger partial charge in [0, 0.05) is 23.6 Å². The van der Waals surface area contributed by atoms with Gasteiger partial charge in [-0.2, -0.15) is 0 Å². The second-order valence-electron chi connectivity index (χ2n) is 15.5. The van der Waals surface area contributed by atoms with Crippen molar-refractivity contribution in [1.82, 2.24) is 0 Å². The minimum atomic E-state index is -0.149. The van der Waals surface area contributed by atoms with Crippen molar-refractivity contribution in [3.8, 4) is 0 Å². The average molecular weight is 754 g/mol. The summed E-state index contributed by atoms with van der Waals surface area (Å²) in [5.41, 5.74) is 17.6. The normalized spacial score (nSPS) is 17.9. The molecule has 2 aliphatic rings. The lowest BCUT2D eigenvalue weighted by atomic mass is 9.73. The van der Waals surface area contributed by atoms with Gasteiger partial charge in [-0.1, -0.05) is 201 Å². The number of hydrogen-bond acceptors (Lipinski definition) is 1. The molecule has 0 bridgehead atoms. The second-order valence-corrected chi connectivity index (χ2v) is 15.5. The second kappa shape index (κ2) is 19.2. The van der Waals surface area contributed by atoms with Crippen LogP contribution in [0.4, 0.5) is 0 Å². The fourth-order valence-corrected chi connectivity index (χ4v) is 8.45. The lowest BCUT2D eigenvalue weighted by Gasteiger charge is -2.31. The van der Waals surface area contributed by atoms with Crippen LogP contribution in [-0.2, 0) is 18.3 Å². The maximum absolute atomic E-state index is 4.70. The van der Waals surface area contributed by atoms with Gasteiger partial charge in [-0.3, -0.25) is 4.99 Å². The molecule has 0 fully saturated rings. The zero-order valence-electron chi connectivity index (χ0n) is 34.5. The van der Waals surface area contributed by atoms with Crippen molar-refractivity contribution in [2.75, 3.05) is 7.05 Å². The summed E-state index contributed by atoms with van der Waals surface area (Å²) in [5, 5.41) is 0. The number of benzene rings is 5. The number of aliphatic imine (C=N–C) groups is 1. The van der Waals surface area contributed by atoms with Gasteiger partial charge in [0.15, 0.2) is 0 Å². The minimum absolute atomic E-state index is 0.149. The van der Waals surface area contributed by atoms with Crippen molar-refractivity contribution in [1.29, 1.82) is 0 Å². The molecule has 1 unspecified atom stereocenters. The van der Waals surface area contributed by atoms with Gasteiger partial charge in [-0.05, 0) is 113 Å². The van der Waals surface area contributed by atoms with Crippen LogP contribution < -0.4 is 0 Å². The van der Waals surface area contributed by atoms with Gasteiger partial charge in [0.25, 0.3) is 0 Å². The number of nitrogens with zero attached hydrogens (tertiary/aromatic N) is 1. The van der Waals surface area contributed by atoms with E-state index in [2.05, 4.69) is 221 Å². The maximum atomic E-state index is 4.70. The fourth-order valence-electron chi connectivity index (χ4n) is 8.45. The molecule has 58 heavy (non-hydrogen) atoms. The fraction of sp³-hybridized carbons (Fsp3) is 0.175. The summed E-state index contributed by atoms with van der Waals surface area (Å²) < 4.78 is 0. The molecular formula is C57H55N. The molecule has 1 heteroatoms. The van der Waals surface area contributed by atoms with Crippen molar-refractivity contribution in [3.63, 3.8) is 0 Å². The van der Waals surface area contributed by atoms with E-state index >= 15 is 0 Å². The molecule has 0 aromatic heterocycles. The zero-order chi connectivity index (χ0) is 40.2. The van der Waals surface area contributed by atoms with Crippen molar-refractivity contribution < 1.29 is 0 Å². The Hall–Kier alpha value is -6.31. The van der Waals surface area contributed by atoms with Gasteiger partial charge in [0.2, 0.25) is 0 Å². The quantitative estimate of drug-likeness (QED) is 0.0839. The molecule has 0 heterocycles. The molecule has 1 nitrogen and oxygen atoms in total. The molecule has 0 aliphatic heterocycles. The van der Waals surface area contributed by atoms with E-state index in [1.165, 1.54) is 61.3 Å². The van der Waals surface area contributed by atoms with E-state index in [0.29, 0.717) is 0 Å². The smallest absolute Gasteiger partial charge is 0.0715 e. The summed E-state index contributed by atoms with van der Waals surface area (Å²) >= 11 is 0. The van der Waals surface area contributed by atoms with Crippen molar-refractivity contribution in [2.24, 2.45) is 4.99 Å². The Morgan fingerprint density at radius 1 is 0.707 bits per heavy atom. The van der Waals surface area contributed by atoms with Crippen molar-refractivity contribution in [2.45, 2.75) is 58.3 Å². The van der Waals surface area contributed by atoms with E-state index < -0.39 is 0 Å². The van der Waals surface area contributed by atoms with Crippen LogP contribution in [0.25, 0.3) is 11.1 Å². The van der Waals surface area contributed by atoms with Gasteiger partial charge in [-0.25, -0.2) is 0 Å². The first-order chi connectivity index (χ1) is 28.5. The van der Waals surface area contributed by atoms with Crippen LogP contribution in [0.3, 0.4) is 0 Å². The standard InChI is InChI=1S/C57H55N/c1-5-22-45(6-2)54(40-43-23-11-7-12-24-43)55(47-28-15-9-16-29-47)53(46-26-13-8-14-27-46)37-36-44-25-19-35-52(39-44)57(3)38-21-34-51(42-57)49-32-20-33-50(41-49)56(58-4)48-30-17-10-18-31-48/h5-15,17-28,30-35,37-39,41H,16,29,36,40,42H2,1-4H3/b22-5-,45-6+,53-37-,55-54+,58-56?. The van der Waals surface area contributed by atoms with Gasteiger partial charge in [0.05, 0.1) is 5.71 Å². The molecule has 288 valence electrons. The minimum Gasteiger partial charge on any atom is -0.287 e. The third-order valence-electron chi connectivity index (χ3n) is 11.4. The summed E-state index contributed by atoms with van der Waals surface area (Å²) in [6, 6.07) is 50.6. The van der Waals surface area contributed by atoms with Crippen LogP contribution in [0, 0.1) is 0 Å². The summed E-state index contributed by atoms with van der Waals surface area (Å²) in [5.74, 6) is 0. The molecular weight excluding hydrogens is 699 g/mol. The monoisotopic (exact) mass is 753 g/mol. The Kier molecular flexibility index (Phi) is 13.2. The third kappa shape index (κ3) is 9.44. The van der Waals surface area contributed by atoms with Crippen LogP contribution in [0.5, 0.6) is 0 Å². The van der Waals surface area contributed by atoms with E-state index in [9.17, 15) is 0 Å². The Balaban J connectivity index is 1.25. The molecule has 5 aromatic rings. The predicted molar refractivity (Wildman–Crippen MR) is 250 cm³/mol. The number of rotatable bonds is 13. The topological polar surface area (TPSA) is 12.4 Å². The Morgan fingerprint density at radius 2 is 1.40 bits per heavy atom. The lowest BCUT2D eigenvalue weighted by molar-refractivity contribution is 0.608. The zero-order valence-corrected chi connectivity index (χ0v) is 34.5. The van der Waals surface area contributed by atoms with Crippen molar-refractivity contribution in [3.05, 3.63) is 262 Å². The maximum Gasteiger partial charge on any atom is 0.0715 e. The molecule has 1 atom stereocenters. The predicted octanol–water partition coefficient (Wildman–Crippen LogP) is 14.4. The van der Waals surface area contributed by atoms with Crippen LogP contribution >= 0.6 is 0 Å². The highest BCUT2D eigenvalue weighted by molar-refractivity contribution is 6.13. The summed E-state index contributed by atoms with van der Waals surface area (Å²) in [6.07, 6.45) is 27.7. The summed E-state index contributed by atoms with van der Waals surface area (Å²) in [6.45, 7) is 6.67. The molecule has 0 saturated carbocycles. The summed E-state index contributed by atoms with van der Waals surface area (Å²) in [4.78, 5) is 4.70. The first kappa shape index (κ1) is 39.9. The number of allylic oxidation sites excluding steroid dienone is 16. The highest BCUT2D eigenvalue weighted by atomic mass is 14.7. The van der Waals surface area contributed by atoms with Gasteiger partial charge in [0.1, 0.15) is 0 Å². The molecule has 0 saturated heterocycles. The van der Waals surface area contributed by atoms with E-state index in [1.807, 2.05) is 7.05 Å². The molecule has 5 aromatic carbocycles. The molecule has 0 amide bonds. The average Bonchev–Trinajstić information content (AvgIpc) is 3.28. The lowest BCUT2D eigenvalue weighted by Crippen LogP contribution is -2.21. The van der Waals surface area contributed by atoms with Crippen LogP contribution in [0.2, 0.25) is 0 Å². The van der Waals surface area contributed by atoms with E-state index in [-0.39, 0.29) is 5.41 Å². The third-order valence-corrected chi connectivity index (χ3v) is 11.4. The van der Waals surface area contributed by atoms with E-state index in [4.69, 9.17) is 4.99 Å². The summed E-state index contributed by atoms with van der Waals surface area (Å²) in [7, 11) is 1.88. The Labute approximate surface area is 347 Å². The van der Waals surface area contributed by atoms with Gasteiger partial charge < -0.3 is 0 Å². The SMILES string of the molecule is C\C=C/C(=C\C)C(/Cc1ccccc1)=C(C1=CC=CCC1)/C(=C\Cc1cccc(C2(C)C=CC=C(c3cccc(C(=NC)c4ccccc4)c3)C2)c1)c1ccccc1. The van der Waals surface area contributed by atoms with Gasteiger partial charge >= 0.3 is 0 Å². The van der Waals surface area contributed by atoms with Crippen LogP contribution in [0.1, 0.15) is 79.0 Å². The highest BCUT2D eigenvalue weighted by Gasteiger charge is 2.28. The van der Waals surface area contributed by atoms with E-state index in [1.54, 1.807) is 0 Å². The first-order valence-electron chi connectivity index (χ1n) is 20.8. The molecule has 0 N–H and O–H groups in total. The van der Waals surface area contributed by atoms with Crippen LogP contribution in [0.15, 0.2) is 228 Å². The molecule has 7 rings (SSSR count). The van der Waals surface area contributed by atoms with Crippen molar-refractivity contribution >= 4 is 16.9 Å². The number of hydrogen-bond donors (Lipinski definition) is 0. The van der Waals surface area contributed by atoms with Crippen LogP contribution in [-0.4, -0.2) is 12.8 Å². The molecule has 0 spiro atoms. The Bertz CT molecular complexity index is 2480.